The van der Waals surface area contributed by atoms with Crippen LogP contribution in [0, 0.1) is 0 Å². The molecule has 0 bridgehead atoms. The van der Waals surface area contributed by atoms with Crippen molar-refractivity contribution >= 4 is 21.7 Å². The second-order valence-electron chi connectivity index (χ2n) is 2.37. The van der Waals surface area contributed by atoms with Crippen LogP contribution in [0.25, 0.3) is 0 Å². The minimum atomic E-state index is 0.887. The standard InChI is InChI=1S/C9H11BrN2/c1-2-3-6-11-9-5-4-8(10)7-12-9/h2,4-5,7H,1,3,6H2,(H,11,12). The normalized spacial score (nSPS) is 9.42. The van der Waals surface area contributed by atoms with Gasteiger partial charge in [0.1, 0.15) is 5.82 Å². The van der Waals surface area contributed by atoms with E-state index in [1.807, 2.05) is 18.2 Å². The molecular formula is C9H11BrN2. The van der Waals surface area contributed by atoms with Crippen LogP contribution in [0.5, 0.6) is 0 Å². The van der Waals surface area contributed by atoms with Gasteiger partial charge in [0.2, 0.25) is 0 Å². The van der Waals surface area contributed by atoms with Crippen LogP contribution in [-0.4, -0.2) is 11.5 Å². The van der Waals surface area contributed by atoms with Gasteiger partial charge in [0.25, 0.3) is 0 Å². The van der Waals surface area contributed by atoms with Crippen molar-refractivity contribution in [2.24, 2.45) is 0 Å². The summed E-state index contributed by atoms with van der Waals surface area (Å²) in [7, 11) is 0. The van der Waals surface area contributed by atoms with E-state index in [0.717, 1.165) is 23.3 Å². The third-order valence-electron chi connectivity index (χ3n) is 1.38. The fourth-order valence-electron chi connectivity index (χ4n) is 0.783. The number of hydrogen-bond acceptors (Lipinski definition) is 2. The van der Waals surface area contributed by atoms with Gasteiger partial charge in [-0.1, -0.05) is 6.08 Å². The summed E-state index contributed by atoms with van der Waals surface area (Å²) >= 11 is 3.32. The lowest BCUT2D eigenvalue weighted by molar-refractivity contribution is 1.05. The Morgan fingerprint density at radius 1 is 1.58 bits per heavy atom. The average Bonchev–Trinajstić information content (AvgIpc) is 2.09. The molecule has 0 aliphatic carbocycles. The number of aromatic nitrogens is 1. The molecular weight excluding hydrogens is 216 g/mol. The average molecular weight is 227 g/mol. The van der Waals surface area contributed by atoms with E-state index in [1.165, 1.54) is 0 Å². The van der Waals surface area contributed by atoms with Gasteiger partial charge in [-0.15, -0.1) is 6.58 Å². The Morgan fingerprint density at radius 2 is 2.42 bits per heavy atom. The quantitative estimate of drug-likeness (QED) is 0.631. The summed E-state index contributed by atoms with van der Waals surface area (Å²) in [4.78, 5) is 4.16. The second-order valence-corrected chi connectivity index (χ2v) is 3.28. The number of hydrogen-bond donors (Lipinski definition) is 1. The van der Waals surface area contributed by atoms with Crippen molar-refractivity contribution in [3.8, 4) is 0 Å². The summed E-state index contributed by atoms with van der Waals surface area (Å²) in [6, 6.07) is 3.90. The molecule has 1 N–H and O–H groups in total. The van der Waals surface area contributed by atoms with Gasteiger partial charge in [0.15, 0.2) is 0 Å². The third-order valence-corrected chi connectivity index (χ3v) is 1.85. The highest BCUT2D eigenvalue weighted by Crippen LogP contribution is 2.10. The Morgan fingerprint density at radius 3 is 3.00 bits per heavy atom. The molecule has 1 aromatic rings. The van der Waals surface area contributed by atoms with E-state index in [1.54, 1.807) is 6.20 Å². The SMILES string of the molecule is C=CCCNc1ccc(Br)cn1. The third kappa shape index (κ3) is 3.05. The van der Waals surface area contributed by atoms with Crippen LogP contribution in [0.4, 0.5) is 5.82 Å². The summed E-state index contributed by atoms with van der Waals surface area (Å²) in [6.45, 7) is 4.53. The van der Waals surface area contributed by atoms with Crippen LogP contribution in [0.3, 0.4) is 0 Å². The zero-order valence-corrected chi connectivity index (χ0v) is 8.34. The van der Waals surface area contributed by atoms with E-state index in [9.17, 15) is 0 Å². The maximum absolute atomic E-state index is 4.16. The molecule has 0 aliphatic rings. The number of rotatable bonds is 4. The van der Waals surface area contributed by atoms with Gasteiger partial charge in [0.05, 0.1) is 0 Å². The smallest absolute Gasteiger partial charge is 0.125 e. The lowest BCUT2D eigenvalue weighted by Gasteiger charge is -2.02. The minimum Gasteiger partial charge on any atom is -0.370 e. The molecule has 0 fully saturated rings. The summed E-state index contributed by atoms with van der Waals surface area (Å²) in [5.41, 5.74) is 0. The predicted octanol–water partition coefficient (Wildman–Crippen LogP) is 2.83. The second kappa shape index (κ2) is 4.93. The first kappa shape index (κ1) is 9.26. The first-order valence-electron chi connectivity index (χ1n) is 3.79. The van der Waals surface area contributed by atoms with Crippen molar-refractivity contribution < 1.29 is 0 Å². The number of nitrogens with zero attached hydrogens (tertiary/aromatic N) is 1. The molecule has 0 radical (unpaired) electrons. The van der Waals surface area contributed by atoms with Gasteiger partial charge in [-0.2, -0.15) is 0 Å². The largest absolute Gasteiger partial charge is 0.370 e. The zero-order chi connectivity index (χ0) is 8.81. The highest BCUT2D eigenvalue weighted by Gasteiger charge is 1.90. The maximum Gasteiger partial charge on any atom is 0.125 e. The van der Waals surface area contributed by atoms with Crippen LogP contribution >= 0.6 is 15.9 Å². The van der Waals surface area contributed by atoms with Crippen LogP contribution in [-0.2, 0) is 0 Å². The Bertz CT molecular complexity index is 243. The van der Waals surface area contributed by atoms with Gasteiger partial charge >= 0.3 is 0 Å². The molecule has 0 saturated heterocycles. The van der Waals surface area contributed by atoms with Crippen molar-refractivity contribution in [1.29, 1.82) is 0 Å². The number of anilines is 1. The first-order valence-corrected chi connectivity index (χ1v) is 4.58. The van der Waals surface area contributed by atoms with Crippen molar-refractivity contribution in [2.45, 2.75) is 6.42 Å². The van der Waals surface area contributed by atoms with Crippen LogP contribution < -0.4 is 5.32 Å². The van der Waals surface area contributed by atoms with Gasteiger partial charge in [0, 0.05) is 17.2 Å². The molecule has 0 saturated carbocycles. The van der Waals surface area contributed by atoms with E-state index in [-0.39, 0.29) is 0 Å². The lowest BCUT2D eigenvalue weighted by Crippen LogP contribution is -2.01. The molecule has 0 spiro atoms. The highest BCUT2D eigenvalue weighted by atomic mass is 79.9. The number of nitrogens with one attached hydrogen (secondary N) is 1. The summed E-state index contributed by atoms with van der Waals surface area (Å²) in [5.74, 6) is 0.903. The molecule has 3 heteroatoms. The number of pyridine rings is 1. The molecule has 12 heavy (non-hydrogen) atoms. The molecule has 1 aromatic heterocycles. The van der Waals surface area contributed by atoms with E-state index in [2.05, 4.69) is 32.8 Å². The van der Waals surface area contributed by atoms with E-state index >= 15 is 0 Å². The molecule has 0 unspecified atom stereocenters. The van der Waals surface area contributed by atoms with Gasteiger partial charge < -0.3 is 5.32 Å². The van der Waals surface area contributed by atoms with Gasteiger partial charge in [-0.25, -0.2) is 4.98 Å². The molecule has 2 nitrogen and oxygen atoms in total. The fraction of sp³-hybridized carbons (Fsp3) is 0.222. The van der Waals surface area contributed by atoms with E-state index in [0.29, 0.717) is 0 Å². The number of halogens is 1. The topological polar surface area (TPSA) is 24.9 Å². The van der Waals surface area contributed by atoms with Crippen LogP contribution in [0.15, 0.2) is 35.5 Å². The summed E-state index contributed by atoms with van der Waals surface area (Å²) < 4.78 is 0.997. The minimum absolute atomic E-state index is 0.887. The van der Waals surface area contributed by atoms with Gasteiger partial charge in [-0.05, 0) is 34.5 Å². The van der Waals surface area contributed by atoms with E-state index < -0.39 is 0 Å². The predicted molar refractivity (Wildman–Crippen MR) is 55.2 cm³/mol. The summed E-state index contributed by atoms with van der Waals surface area (Å²) in [5, 5.41) is 3.17. The van der Waals surface area contributed by atoms with Gasteiger partial charge in [-0.3, -0.25) is 0 Å². The zero-order valence-electron chi connectivity index (χ0n) is 6.76. The molecule has 1 rings (SSSR count). The monoisotopic (exact) mass is 226 g/mol. The molecule has 0 amide bonds. The van der Waals surface area contributed by atoms with Crippen LogP contribution in [0.2, 0.25) is 0 Å². The maximum atomic E-state index is 4.16. The fourth-order valence-corrected chi connectivity index (χ4v) is 1.02. The van der Waals surface area contributed by atoms with Crippen molar-refractivity contribution in [1.82, 2.24) is 4.98 Å². The van der Waals surface area contributed by atoms with E-state index in [4.69, 9.17) is 0 Å². The Balaban J connectivity index is 2.42. The van der Waals surface area contributed by atoms with Crippen molar-refractivity contribution in [2.75, 3.05) is 11.9 Å². The Kier molecular flexibility index (Phi) is 3.80. The lowest BCUT2D eigenvalue weighted by atomic mass is 10.4. The Hall–Kier alpha value is -0.830. The summed E-state index contributed by atoms with van der Waals surface area (Å²) in [6.07, 6.45) is 4.61. The van der Waals surface area contributed by atoms with Crippen LogP contribution in [0.1, 0.15) is 6.42 Å². The molecule has 0 atom stereocenters. The van der Waals surface area contributed by atoms with Crippen molar-refractivity contribution in [3.05, 3.63) is 35.5 Å². The molecule has 1 heterocycles. The molecule has 0 aliphatic heterocycles. The first-order chi connectivity index (χ1) is 5.83. The molecule has 0 aromatic carbocycles. The van der Waals surface area contributed by atoms with Crippen molar-refractivity contribution in [3.63, 3.8) is 0 Å². The highest BCUT2D eigenvalue weighted by molar-refractivity contribution is 9.10. The Labute approximate surface area is 80.8 Å². The molecule has 64 valence electrons.